The molecule has 0 spiro atoms. The molecule has 0 unspecified atom stereocenters. The van der Waals surface area contributed by atoms with Crippen LogP contribution in [0.25, 0.3) is 0 Å². The van der Waals surface area contributed by atoms with Gasteiger partial charge in [-0.2, -0.15) is 8.78 Å². The van der Waals surface area contributed by atoms with Gasteiger partial charge in [0.25, 0.3) is 11.8 Å². The molecule has 1 aliphatic heterocycles. The molecule has 2 fully saturated rings. The zero-order valence-corrected chi connectivity index (χ0v) is 15.7. The molecule has 162 valence electrons. The minimum absolute atomic E-state index is 0.00651. The Morgan fingerprint density at radius 1 is 1.27 bits per heavy atom. The summed E-state index contributed by atoms with van der Waals surface area (Å²) in [6, 6.07) is 2.12. The average Bonchev–Trinajstić information content (AvgIpc) is 3.51. The van der Waals surface area contributed by atoms with Crippen LogP contribution in [0.15, 0.2) is 18.2 Å². The lowest BCUT2D eigenvalue weighted by molar-refractivity contribution is -0.133. The highest BCUT2D eigenvalue weighted by Gasteiger charge is 2.35. The second-order valence-electron chi connectivity index (χ2n) is 6.77. The van der Waals surface area contributed by atoms with Crippen molar-refractivity contribution in [2.24, 2.45) is 11.7 Å². The number of amides is 4. The first-order chi connectivity index (χ1) is 14.3. The van der Waals surface area contributed by atoms with Crippen LogP contribution in [0.3, 0.4) is 0 Å². The normalized spacial score (nSPS) is 17.4. The number of alkyl halides is 2. The Morgan fingerprint density at radius 3 is 2.60 bits per heavy atom. The molecule has 0 aromatic heterocycles. The predicted molar refractivity (Wildman–Crippen MR) is 98.7 cm³/mol. The highest BCUT2D eigenvalue weighted by atomic mass is 19.3. The summed E-state index contributed by atoms with van der Waals surface area (Å²) in [5, 5.41) is 4.61. The molecule has 1 aliphatic carbocycles. The Balaban J connectivity index is 1.79. The van der Waals surface area contributed by atoms with E-state index in [2.05, 4.69) is 15.4 Å². The lowest BCUT2D eigenvalue weighted by Gasteiger charge is -2.28. The van der Waals surface area contributed by atoms with Gasteiger partial charge >= 0.3 is 6.61 Å². The maximum Gasteiger partial charge on any atom is 0.387 e. The minimum atomic E-state index is -3.18. The number of hydrogen-bond donors (Lipinski definition) is 3. The molecule has 4 amide bonds. The second kappa shape index (κ2) is 9.03. The molecule has 1 aromatic rings. The van der Waals surface area contributed by atoms with E-state index in [0.717, 1.165) is 6.07 Å². The van der Waals surface area contributed by atoms with Crippen LogP contribution in [0.5, 0.6) is 5.75 Å². The Morgan fingerprint density at radius 2 is 2.00 bits per heavy atom. The van der Waals surface area contributed by atoms with E-state index in [0.29, 0.717) is 12.8 Å². The largest absolute Gasteiger partial charge is 0.433 e. The van der Waals surface area contributed by atoms with Gasteiger partial charge in [-0.1, -0.05) is 0 Å². The Hall–Kier alpha value is -3.28. The van der Waals surface area contributed by atoms with Crippen LogP contribution < -0.4 is 26.0 Å². The molecule has 1 atom stereocenters. The van der Waals surface area contributed by atoms with E-state index >= 15 is 0 Å². The van der Waals surface area contributed by atoms with Crippen molar-refractivity contribution in [3.05, 3.63) is 18.2 Å². The van der Waals surface area contributed by atoms with Gasteiger partial charge in [0.2, 0.25) is 11.8 Å². The molecule has 4 N–H and O–H groups in total. The number of ether oxygens (including phenoxy) is 2. The molecule has 1 saturated carbocycles. The third kappa shape index (κ3) is 5.20. The summed E-state index contributed by atoms with van der Waals surface area (Å²) in [4.78, 5) is 49.1. The van der Waals surface area contributed by atoms with E-state index in [9.17, 15) is 28.0 Å². The van der Waals surface area contributed by atoms with Gasteiger partial charge in [0, 0.05) is 24.2 Å². The molecule has 0 bridgehead atoms. The van der Waals surface area contributed by atoms with Gasteiger partial charge in [0.1, 0.15) is 6.61 Å². The number of carbonyl (C=O) groups is 4. The number of rotatable bonds is 8. The number of anilines is 2. The van der Waals surface area contributed by atoms with E-state index < -0.39 is 36.3 Å². The molecule has 2 aliphatic rings. The quantitative estimate of drug-likeness (QED) is 0.499. The number of nitrogens with one attached hydrogen (secondary N) is 2. The molecular formula is C18H20F2N4O6. The summed E-state index contributed by atoms with van der Waals surface area (Å²) in [5.41, 5.74) is 5.28. The van der Waals surface area contributed by atoms with Crippen molar-refractivity contribution in [3.8, 4) is 5.75 Å². The zero-order valence-electron chi connectivity index (χ0n) is 15.7. The van der Waals surface area contributed by atoms with Crippen LogP contribution in [-0.4, -0.2) is 56.0 Å². The van der Waals surface area contributed by atoms with E-state index in [-0.39, 0.29) is 42.8 Å². The monoisotopic (exact) mass is 426 g/mol. The SMILES string of the molecule is NC(=O)[C@@H](NC(=O)C1CC1)C(=O)Nc1ccc(N2CCOCC2=O)c(OC(F)F)c1. The van der Waals surface area contributed by atoms with E-state index in [1.165, 1.54) is 17.0 Å². The van der Waals surface area contributed by atoms with Crippen LogP contribution in [0, 0.1) is 5.92 Å². The molecule has 0 radical (unpaired) electrons. The maximum absolute atomic E-state index is 12.9. The average molecular weight is 426 g/mol. The van der Waals surface area contributed by atoms with Gasteiger partial charge in [-0.3, -0.25) is 19.2 Å². The lowest BCUT2D eigenvalue weighted by Crippen LogP contribution is -2.52. The first-order valence-corrected chi connectivity index (χ1v) is 9.14. The zero-order chi connectivity index (χ0) is 21.8. The molecule has 12 heteroatoms. The van der Waals surface area contributed by atoms with Crippen LogP contribution in [0.1, 0.15) is 12.8 Å². The molecule has 3 rings (SSSR count). The number of hydrogen-bond acceptors (Lipinski definition) is 6. The summed E-state index contributed by atoms with van der Waals surface area (Å²) < 4.78 is 35.3. The predicted octanol–water partition coefficient (Wildman–Crippen LogP) is -0.0302. The number of primary amides is 1. The van der Waals surface area contributed by atoms with Crippen LogP contribution in [0.2, 0.25) is 0 Å². The van der Waals surface area contributed by atoms with Gasteiger partial charge < -0.3 is 30.7 Å². The highest BCUT2D eigenvalue weighted by molar-refractivity contribution is 6.11. The summed E-state index contributed by atoms with van der Waals surface area (Å²) in [5.74, 6) is -3.51. The Bertz CT molecular complexity index is 861. The smallest absolute Gasteiger partial charge is 0.387 e. The van der Waals surface area contributed by atoms with Crippen molar-refractivity contribution in [2.45, 2.75) is 25.5 Å². The number of nitrogens with zero attached hydrogens (tertiary/aromatic N) is 1. The summed E-state index contributed by atoms with van der Waals surface area (Å²) in [7, 11) is 0. The number of morpholine rings is 1. The lowest BCUT2D eigenvalue weighted by atomic mass is 10.2. The minimum Gasteiger partial charge on any atom is -0.433 e. The second-order valence-corrected chi connectivity index (χ2v) is 6.77. The summed E-state index contributed by atoms with van der Waals surface area (Å²) in [6.07, 6.45) is 1.32. The number of nitrogens with two attached hydrogens (primary N) is 1. The summed E-state index contributed by atoms with van der Waals surface area (Å²) >= 11 is 0. The van der Waals surface area contributed by atoms with Crippen molar-refractivity contribution in [3.63, 3.8) is 0 Å². The van der Waals surface area contributed by atoms with Crippen molar-refractivity contribution >= 4 is 35.0 Å². The van der Waals surface area contributed by atoms with Gasteiger partial charge in [0.15, 0.2) is 11.8 Å². The third-order valence-corrected chi connectivity index (χ3v) is 4.50. The Labute approximate surface area is 169 Å². The van der Waals surface area contributed by atoms with Crippen molar-refractivity contribution < 1.29 is 37.4 Å². The Kier molecular flexibility index (Phi) is 6.45. The molecule has 1 heterocycles. The van der Waals surface area contributed by atoms with Gasteiger partial charge in [-0.25, -0.2) is 0 Å². The number of carbonyl (C=O) groups excluding carboxylic acids is 4. The van der Waals surface area contributed by atoms with Gasteiger partial charge in [0.05, 0.1) is 12.3 Å². The standard InChI is InChI=1S/C18H20F2N4O6/c19-18(20)30-12-7-10(3-4-11(12)24-5-6-29-8-13(24)25)22-17(28)14(15(21)26)23-16(27)9-1-2-9/h3-4,7,9,14,18H,1-2,5-6,8H2,(H2,21,26)(H,22,28)(H,23,27)/t14-/m1/s1. The van der Waals surface area contributed by atoms with Crippen LogP contribution in [0.4, 0.5) is 20.2 Å². The molecule has 1 aromatic carbocycles. The maximum atomic E-state index is 12.9. The van der Waals surface area contributed by atoms with Crippen LogP contribution in [-0.2, 0) is 23.9 Å². The molecule has 1 saturated heterocycles. The van der Waals surface area contributed by atoms with Crippen molar-refractivity contribution in [2.75, 3.05) is 30.0 Å². The van der Waals surface area contributed by atoms with E-state index in [1.807, 2.05) is 0 Å². The van der Waals surface area contributed by atoms with E-state index in [4.69, 9.17) is 10.5 Å². The fourth-order valence-electron chi connectivity index (χ4n) is 2.86. The third-order valence-electron chi connectivity index (χ3n) is 4.50. The van der Waals surface area contributed by atoms with Gasteiger partial charge in [-0.15, -0.1) is 0 Å². The topological polar surface area (TPSA) is 140 Å². The molecule has 30 heavy (non-hydrogen) atoms. The van der Waals surface area contributed by atoms with Crippen molar-refractivity contribution in [1.29, 1.82) is 0 Å². The number of halogens is 2. The first kappa shape index (κ1) is 21.4. The highest BCUT2D eigenvalue weighted by Crippen LogP contribution is 2.34. The first-order valence-electron chi connectivity index (χ1n) is 9.14. The number of benzene rings is 1. The molecule has 10 nitrogen and oxygen atoms in total. The molecular weight excluding hydrogens is 406 g/mol. The van der Waals surface area contributed by atoms with Crippen molar-refractivity contribution in [1.82, 2.24) is 5.32 Å². The summed E-state index contributed by atoms with van der Waals surface area (Å²) in [6.45, 7) is -3.02. The fraction of sp³-hybridized carbons (Fsp3) is 0.444. The van der Waals surface area contributed by atoms with Gasteiger partial charge in [-0.05, 0) is 25.0 Å². The van der Waals surface area contributed by atoms with Crippen LogP contribution >= 0.6 is 0 Å². The van der Waals surface area contributed by atoms with E-state index in [1.54, 1.807) is 0 Å². The fourth-order valence-corrected chi connectivity index (χ4v) is 2.86.